The first-order valence-electron chi connectivity index (χ1n) is 6.06. The summed E-state index contributed by atoms with van der Waals surface area (Å²) in [6.45, 7) is 5.18. The number of rotatable bonds is 7. The molecule has 0 atom stereocenters. The van der Waals surface area contributed by atoms with Gasteiger partial charge in [-0.05, 0) is 26.3 Å². The second kappa shape index (κ2) is 6.62. The molecule has 0 aliphatic rings. The van der Waals surface area contributed by atoms with Crippen molar-refractivity contribution >= 4 is 21.5 Å². The average Bonchev–Trinajstić information content (AvgIpc) is 2.28. The van der Waals surface area contributed by atoms with Gasteiger partial charge in [-0.15, -0.1) is 0 Å². The lowest BCUT2D eigenvalue weighted by atomic mass is 10.3. The molecule has 0 bridgehead atoms. The van der Waals surface area contributed by atoms with Gasteiger partial charge in [0.2, 0.25) is 15.8 Å². The second-order valence-corrected chi connectivity index (χ2v) is 6.53. The van der Waals surface area contributed by atoms with Crippen LogP contribution in [0, 0.1) is 17.0 Å². The zero-order valence-electron chi connectivity index (χ0n) is 11.6. The van der Waals surface area contributed by atoms with Crippen molar-refractivity contribution in [2.24, 2.45) is 0 Å². The summed E-state index contributed by atoms with van der Waals surface area (Å²) < 4.78 is 25.6. The van der Waals surface area contributed by atoms with Crippen molar-refractivity contribution in [3.63, 3.8) is 0 Å². The molecule has 9 heteroatoms. The quantitative estimate of drug-likeness (QED) is 0.574. The molecule has 112 valence electrons. The molecule has 1 aromatic heterocycles. The van der Waals surface area contributed by atoms with E-state index in [0.717, 1.165) is 0 Å². The highest BCUT2D eigenvalue weighted by Crippen LogP contribution is 2.21. The summed E-state index contributed by atoms with van der Waals surface area (Å²) in [4.78, 5) is 14.2. The van der Waals surface area contributed by atoms with Crippen molar-refractivity contribution in [2.75, 3.05) is 17.6 Å². The third-order valence-electron chi connectivity index (χ3n) is 2.28. The molecule has 8 nitrogen and oxygen atoms in total. The molecule has 0 fully saturated rings. The zero-order chi connectivity index (χ0) is 15.3. The van der Waals surface area contributed by atoms with E-state index >= 15 is 0 Å². The Morgan fingerprint density at radius 3 is 2.65 bits per heavy atom. The number of sulfonamides is 1. The van der Waals surface area contributed by atoms with Crippen molar-refractivity contribution in [1.29, 1.82) is 0 Å². The lowest BCUT2D eigenvalue weighted by Crippen LogP contribution is -2.34. The Kier molecular flexibility index (Phi) is 5.40. The van der Waals surface area contributed by atoms with Gasteiger partial charge in [-0.2, -0.15) is 0 Å². The summed E-state index contributed by atoms with van der Waals surface area (Å²) in [6, 6.07) is 1.20. The van der Waals surface area contributed by atoms with Crippen LogP contribution in [0.15, 0.2) is 12.3 Å². The molecule has 0 saturated carbocycles. The largest absolute Gasteiger partial charge is 0.363 e. The fourth-order valence-electron chi connectivity index (χ4n) is 1.55. The summed E-state index contributed by atoms with van der Waals surface area (Å²) in [6.07, 6.45) is 1.48. The number of hydrogen-bond acceptors (Lipinski definition) is 6. The molecule has 0 unspecified atom stereocenters. The van der Waals surface area contributed by atoms with E-state index < -0.39 is 14.9 Å². The first kappa shape index (κ1) is 16.3. The van der Waals surface area contributed by atoms with Crippen LogP contribution < -0.4 is 10.0 Å². The third-order valence-corrected chi connectivity index (χ3v) is 3.85. The van der Waals surface area contributed by atoms with E-state index in [1.807, 2.05) is 0 Å². The maximum absolute atomic E-state index is 11.6. The standard InChI is InChI=1S/C11H18N4O4S/c1-8(2)14-20(18,19)5-4-12-11-10(15(16)17)6-9(3)7-13-11/h6-8,14H,4-5H2,1-3H3,(H,12,13). The van der Waals surface area contributed by atoms with Gasteiger partial charge in [0.05, 0.1) is 10.7 Å². The molecule has 20 heavy (non-hydrogen) atoms. The van der Waals surface area contributed by atoms with Crippen LogP contribution in [-0.2, 0) is 10.0 Å². The van der Waals surface area contributed by atoms with Crippen molar-refractivity contribution in [1.82, 2.24) is 9.71 Å². The number of nitro groups is 1. The fourth-order valence-corrected chi connectivity index (χ4v) is 2.76. The molecule has 1 aromatic rings. The molecular weight excluding hydrogens is 284 g/mol. The Morgan fingerprint density at radius 1 is 1.45 bits per heavy atom. The molecule has 1 heterocycles. The molecule has 0 spiro atoms. The zero-order valence-corrected chi connectivity index (χ0v) is 12.4. The third kappa shape index (κ3) is 5.10. The Hall–Kier alpha value is -1.74. The highest BCUT2D eigenvalue weighted by Gasteiger charge is 2.17. The predicted octanol–water partition coefficient (Wildman–Crippen LogP) is 1.04. The minimum absolute atomic E-state index is 0.0406. The smallest absolute Gasteiger partial charge is 0.311 e. The molecule has 2 N–H and O–H groups in total. The highest BCUT2D eigenvalue weighted by molar-refractivity contribution is 7.89. The van der Waals surface area contributed by atoms with E-state index in [2.05, 4.69) is 15.0 Å². The summed E-state index contributed by atoms with van der Waals surface area (Å²) in [5, 5.41) is 13.6. The lowest BCUT2D eigenvalue weighted by molar-refractivity contribution is -0.384. The highest BCUT2D eigenvalue weighted by atomic mass is 32.2. The molecule has 0 radical (unpaired) electrons. The van der Waals surface area contributed by atoms with Crippen LogP contribution in [-0.4, -0.2) is 36.7 Å². The number of aromatic nitrogens is 1. The number of aryl methyl sites for hydroxylation is 1. The minimum Gasteiger partial charge on any atom is -0.363 e. The number of hydrogen-bond donors (Lipinski definition) is 2. The number of nitrogens with zero attached hydrogens (tertiary/aromatic N) is 2. The van der Waals surface area contributed by atoms with Gasteiger partial charge < -0.3 is 5.32 Å². The molecule has 0 aliphatic carbocycles. The van der Waals surface area contributed by atoms with Crippen LogP contribution in [0.1, 0.15) is 19.4 Å². The lowest BCUT2D eigenvalue weighted by Gasteiger charge is -2.10. The van der Waals surface area contributed by atoms with E-state index in [0.29, 0.717) is 5.56 Å². The fraction of sp³-hybridized carbons (Fsp3) is 0.545. The van der Waals surface area contributed by atoms with Crippen molar-refractivity contribution in [3.05, 3.63) is 27.9 Å². The maximum atomic E-state index is 11.6. The first-order valence-corrected chi connectivity index (χ1v) is 7.71. The van der Waals surface area contributed by atoms with E-state index in [1.54, 1.807) is 20.8 Å². The summed E-state index contributed by atoms with van der Waals surface area (Å²) in [7, 11) is -3.40. The van der Waals surface area contributed by atoms with Crippen molar-refractivity contribution in [3.8, 4) is 0 Å². The van der Waals surface area contributed by atoms with Gasteiger partial charge in [0.15, 0.2) is 0 Å². The van der Waals surface area contributed by atoms with Crippen LogP contribution in [0.25, 0.3) is 0 Å². The van der Waals surface area contributed by atoms with Crippen molar-refractivity contribution in [2.45, 2.75) is 26.8 Å². The topological polar surface area (TPSA) is 114 Å². The second-order valence-electron chi connectivity index (χ2n) is 4.66. The SMILES string of the molecule is Cc1cnc(NCCS(=O)(=O)NC(C)C)c([N+](=O)[O-])c1. The molecule has 0 saturated heterocycles. The van der Waals surface area contributed by atoms with E-state index in [-0.39, 0.29) is 29.8 Å². The van der Waals surface area contributed by atoms with Crippen molar-refractivity contribution < 1.29 is 13.3 Å². The van der Waals surface area contributed by atoms with Crippen LogP contribution in [0.3, 0.4) is 0 Å². The Bertz CT molecular complexity index is 586. The minimum atomic E-state index is -3.40. The first-order chi connectivity index (χ1) is 9.21. The van der Waals surface area contributed by atoms with Gasteiger partial charge in [0.1, 0.15) is 0 Å². The van der Waals surface area contributed by atoms with Gasteiger partial charge in [-0.1, -0.05) is 0 Å². The average molecular weight is 302 g/mol. The normalized spacial score (nSPS) is 11.6. The predicted molar refractivity (Wildman–Crippen MR) is 76.2 cm³/mol. The van der Waals surface area contributed by atoms with Gasteiger partial charge in [0.25, 0.3) is 0 Å². The van der Waals surface area contributed by atoms with Crippen LogP contribution >= 0.6 is 0 Å². The maximum Gasteiger partial charge on any atom is 0.311 e. The van der Waals surface area contributed by atoms with Gasteiger partial charge in [-0.3, -0.25) is 10.1 Å². The Balaban J connectivity index is 2.69. The Morgan fingerprint density at radius 2 is 2.10 bits per heavy atom. The summed E-state index contributed by atoms with van der Waals surface area (Å²) in [5.74, 6) is -0.113. The van der Waals surface area contributed by atoms with Crippen LogP contribution in [0.5, 0.6) is 0 Å². The Labute approximate surface area is 117 Å². The molecule has 0 aliphatic heterocycles. The van der Waals surface area contributed by atoms with E-state index in [9.17, 15) is 18.5 Å². The molecule has 1 rings (SSSR count). The van der Waals surface area contributed by atoms with E-state index in [1.165, 1.54) is 12.3 Å². The van der Waals surface area contributed by atoms with Gasteiger partial charge in [-0.25, -0.2) is 18.1 Å². The molecule has 0 amide bonds. The summed E-state index contributed by atoms with van der Waals surface area (Å²) >= 11 is 0. The molecular formula is C11H18N4O4S. The van der Waals surface area contributed by atoms with Crippen LogP contribution in [0.2, 0.25) is 0 Å². The summed E-state index contributed by atoms with van der Waals surface area (Å²) in [5.41, 5.74) is 0.496. The monoisotopic (exact) mass is 302 g/mol. The van der Waals surface area contributed by atoms with Crippen LogP contribution in [0.4, 0.5) is 11.5 Å². The number of pyridine rings is 1. The van der Waals surface area contributed by atoms with Gasteiger partial charge in [0, 0.05) is 24.8 Å². The number of nitrogens with one attached hydrogen (secondary N) is 2. The number of anilines is 1. The van der Waals surface area contributed by atoms with E-state index in [4.69, 9.17) is 0 Å². The molecule has 0 aromatic carbocycles. The van der Waals surface area contributed by atoms with Gasteiger partial charge >= 0.3 is 5.69 Å².